The van der Waals surface area contributed by atoms with Gasteiger partial charge in [-0.05, 0) is 42.8 Å². The van der Waals surface area contributed by atoms with E-state index in [1.165, 1.54) is 22.0 Å². The van der Waals surface area contributed by atoms with Crippen molar-refractivity contribution in [2.75, 3.05) is 0 Å². The number of aryl methyl sites for hydroxylation is 2. The fourth-order valence-corrected chi connectivity index (χ4v) is 2.51. The number of hydrogen-bond donors (Lipinski definition) is 0. The highest BCUT2D eigenvalue weighted by atomic mass is 35.5. The van der Waals surface area contributed by atoms with E-state index in [1.54, 1.807) is 0 Å². The van der Waals surface area contributed by atoms with Gasteiger partial charge in [0.1, 0.15) is 12.4 Å². The van der Waals surface area contributed by atoms with Crippen molar-refractivity contribution in [3.05, 3.63) is 64.8 Å². The first-order valence-electron chi connectivity index (χ1n) is 6.56. The normalized spacial score (nSPS) is 10.9. The highest BCUT2D eigenvalue weighted by molar-refractivity contribution is 6.30. The molecule has 2 aromatic carbocycles. The Labute approximate surface area is 123 Å². The van der Waals surface area contributed by atoms with E-state index in [-0.39, 0.29) is 0 Å². The number of halogens is 1. The van der Waals surface area contributed by atoms with Crippen LogP contribution in [0.5, 0.6) is 5.75 Å². The number of rotatable bonds is 3. The zero-order chi connectivity index (χ0) is 14.1. The smallest absolute Gasteiger partial charge is 0.119 e. The molecule has 1 aromatic heterocycles. The first-order chi connectivity index (χ1) is 9.63. The van der Waals surface area contributed by atoms with Gasteiger partial charge in [-0.2, -0.15) is 0 Å². The number of hydrogen-bond acceptors (Lipinski definition) is 1. The zero-order valence-corrected chi connectivity index (χ0v) is 12.3. The van der Waals surface area contributed by atoms with Crippen LogP contribution in [-0.2, 0) is 13.7 Å². The maximum atomic E-state index is 5.87. The fraction of sp³-hybridized carbons (Fsp3) is 0.176. The Kier molecular flexibility index (Phi) is 3.41. The molecule has 0 aliphatic carbocycles. The number of ether oxygens (including phenoxy) is 1. The van der Waals surface area contributed by atoms with E-state index in [4.69, 9.17) is 16.3 Å². The lowest BCUT2D eigenvalue weighted by Crippen LogP contribution is -1.94. The second-order valence-electron chi connectivity index (χ2n) is 5.03. The summed E-state index contributed by atoms with van der Waals surface area (Å²) in [5, 5.41) is 1.96. The Bertz CT molecular complexity index is 744. The van der Waals surface area contributed by atoms with E-state index in [9.17, 15) is 0 Å². The Morgan fingerprint density at radius 3 is 2.60 bits per heavy atom. The molecule has 0 saturated carbocycles. The van der Waals surface area contributed by atoms with Crippen LogP contribution >= 0.6 is 11.6 Å². The van der Waals surface area contributed by atoms with Gasteiger partial charge in [0.05, 0.1) is 0 Å². The molecular formula is C17H16ClNO. The average Bonchev–Trinajstić information content (AvgIpc) is 2.74. The van der Waals surface area contributed by atoms with Crippen LogP contribution in [-0.4, -0.2) is 4.57 Å². The molecule has 0 N–H and O–H groups in total. The largest absolute Gasteiger partial charge is 0.489 e. The standard InChI is InChI=1S/C17H16ClNO/c1-12-3-8-16-13(10-19(2)17(16)9-12)11-20-15-6-4-14(18)5-7-15/h3-10H,11H2,1-2H3. The Morgan fingerprint density at radius 1 is 1.10 bits per heavy atom. The Balaban J connectivity index is 1.86. The summed E-state index contributed by atoms with van der Waals surface area (Å²) in [6.45, 7) is 2.67. The molecule has 0 radical (unpaired) electrons. The molecule has 1 heterocycles. The highest BCUT2D eigenvalue weighted by Crippen LogP contribution is 2.24. The fourth-order valence-electron chi connectivity index (χ4n) is 2.38. The highest BCUT2D eigenvalue weighted by Gasteiger charge is 2.07. The van der Waals surface area contributed by atoms with Gasteiger partial charge in [-0.15, -0.1) is 0 Å². The molecule has 0 aliphatic heterocycles. The van der Waals surface area contributed by atoms with Gasteiger partial charge >= 0.3 is 0 Å². The van der Waals surface area contributed by atoms with Crippen molar-refractivity contribution < 1.29 is 4.74 Å². The molecule has 0 saturated heterocycles. The second kappa shape index (κ2) is 5.22. The topological polar surface area (TPSA) is 14.2 Å². The third-order valence-electron chi connectivity index (χ3n) is 3.44. The van der Waals surface area contributed by atoms with Crippen molar-refractivity contribution in [2.24, 2.45) is 7.05 Å². The minimum absolute atomic E-state index is 0.558. The van der Waals surface area contributed by atoms with Crippen LogP contribution < -0.4 is 4.74 Å². The summed E-state index contributed by atoms with van der Waals surface area (Å²) in [6, 6.07) is 13.9. The summed E-state index contributed by atoms with van der Waals surface area (Å²) >= 11 is 5.87. The predicted octanol–water partition coefficient (Wildman–Crippen LogP) is 4.72. The maximum absolute atomic E-state index is 5.87. The van der Waals surface area contributed by atoms with Gasteiger partial charge < -0.3 is 9.30 Å². The molecule has 3 heteroatoms. The van der Waals surface area contributed by atoms with Crippen molar-refractivity contribution in [3.63, 3.8) is 0 Å². The Hall–Kier alpha value is -1.93. The van der Waals surface area contributed by atoms with Crippen LogP contribution in [0.4, 0.5) is 0 Å². The van der Waals surface area contributed by atoms with Gasteiger partial charge in [0.25, 0.3) is 0 Å². The number of aromatic nitrogens is 1. The summed E-state index contributed by atoms with van der Waals surface area (Å²) in [7, 11) is 2.06. The minimum Gasteiger partial charge on any atom is -0.489 e. The van der Waals surface area contributed by atoms with Gasteiger partial charge in [-0.25, -0.2) is 0 Å². The van der Waals surface area contributed by atoms with E-state index in [1.807, 2.05) is 24.3 Å². The molecule has 0 spiro atoms. The summed E-state index contributed by atoms with van der Waals surface area (Å²) in [6.07, 6.45) is 2.13. The van der Waals surface area contributed by atoms with Gasteiger partial charge in [-0.3, -0.25) is 0 Å². The van der Waals surface area contributed by atoms with E-state index >= 15 is 0 Å². The van der Waals surface area contributed by atoms with Gasteiger partial charge in [0.2, 0.25) is 0 Å². The summed E-state index contributed by atoms with van der Waals surface area (Å²) in [5.41, 5.74) is 3.70. The molecular weight excluding hydrogens is 270 g/mol. The lowest BCUT2D eigenvalue weighted by molar-refractivity contribution is 0.307. The van der Waals surface area contributed by atoms with E-state index in [2.05, 4.69) is 42.9 Å². The molecule has 3 aromatic rings. The van der Waals surface area contributed by atoms with Crippen molar-refractivity contribution >= 4 is 22.5 Å². The lowest BCUT2D eigenvalue weighted by atomic mass is 10.1. The molecule has 0 unspecified atom stereocenters. The summed E-state index contributed by atoms with van der Waals surface area (Å²) < 4.78 is 7.97. The van der Waals surface area contributed by atoms with Crippen LogP contribution in [0.2, 0.25) is 5.02 Å². The summed E-state index contributed by atoms with van der Waals surface area (Å²) in [4.78, 5) is 0. The van der Waals surface area contributed by atoms with Crippen LogP contribution in [0.1, 0.15) is 11.1 Å². The zero-order valence-electron chi connectivity index (χ0n) is 11.6. The van der Waals surface area contributed by atoms with Crippen molar-refractivity contribution in [1.82, 2.24) is 4.57 Å². The van der Waals surface area contributed by atoms with Gasteiger partial charge in [0.15, 0.2) is 0 Å². The van der Waals surface area contributed by atoms with Crippen molar-refractivity contribution in [1.29, 1.82) is 0 Å². The number of nitrogens with zero attached hydrogens (tertiary/aromatic N) is 1. The first kappa shape index (κ1) is 13.1. The maximum Gasteiger partial charge on any atom is 0.119 e. The molecule has 0 amide bonds. The Morgan fingerprint density at radius 2 is 1.85 bits per heavy atom. The predicted molar refractivity (Wildman–Crippen MR) is 83.4 cm³/mol. The monoisotopic (exact) mass is 285 g/mol. The number of benzene rings is 2. The summed E-state index contributed by atoms with van der Waals surface area (Å²) in [5.74, 6) is 0.832. The third kappa shape index (κ3) is 2.52. The molecule has 20 heavy (non-hydrogen) atoms. The van der Waals surface area contributed by atoms with E-state index in [0.717, 1.165) is 10.8 Å². The first-order valence-corrected chi connectivity index (χ1v) is 6.94. The molecule has 102 valence electrons. The van der Waals surface area contributed by atoms with Gasteiger partial charge in [-0.1, -0.05) is 23.7 Å². The van der Waals surface area contributed by atoms with Crippen LogP contribution in [0.25, 0.3) is 10.9 Å². The third-order valence-corrected chi connectivity index (χ3v) is 3.69. The molecule has 0 bridgehead atoms. The molecule has 0 atom stereocenters. The van der Waals surface area contributed by atoms with Crippen LogP contribution in [0.15, 0.2) is 48.7 Å². The number of fused-ring (bicyclic) bond motifs is 1. The average molecular weight is 286 g/mol. The second-order valence-corrected chi connectivity index (χ2v) is 5.46. The molecule has 2 nitrogen and oxygen atoms in total. The van der Waals surface area contributed by atoms with Crippen molar-refractivity contribution in [3.8, 4) is 5.75 Å². The van der Waals surface area contributed by atoms with E-state index < -0.39 is 0 Å². The SMILES string of the molecule is Cc1ccc2c(COc3ccc(Cl)cc3)cn(C)c2c1. The van der Waals surface area contributed by atoms with Gasteiger partial charge in [0, 0.05) is 34.7 Å². The molecule has 0 aliphatic rings. The molecule has 3 rings (SSSR count). The quantitative estimate of drug-likeness (QED) is 0.679. The van der Waals surface area contributed by atoms with E-state index in [0.29, 0.717) is 6.61 Å². The lowest BCUT2D eigenvalue weighted by Gasteiger charge is -2.05. The van der Waals surface area contributed by atoms with Crippen LogP contribution in [0, 0.1) is 6.92 Å². The van der Waals surface area contributed by atoms with Crippen molar-refractivity contribution in [2.45, 2.75) is 13.5 Å². The molecule has 0 fully saturated rings. The minimum atomic E-state index is 0.558. The van der Waals surface area contributed by atoms with Crippen LogP contribution in [0.3, 0.4) is 0 Å².